The second kappa shape index (κ2) is 13.5. The minimum Gasteiger partial charge on any atom is -0.481 e. The number of carboxylic acids is 1. The van der Waals surface area contributed by atoms with Crippen LogP contribution in [0, 0.1) is 62.1 Å². The van der Waals surface area contributed by atoms with Crippen molar-refractivity contribution in [1.82, 2.24) is 5.32 Å². The van der Waals surface area contributed by atoms with Gasteiger partial charge in [-0.25, -0.2) is 0 Å². The van der Waals surface area contributed by atoms with E-state index in [1.165, 1.54) is 57.8 Å². The van der Waals surface area contributed by atoms with Crippen LogP contribution < -0.4 is 5.32 Å². The molecular formula is C44H73NO5. The third-order valence-electron chi connectivity index (χ3n) is 17.2. The molecule has 50 heavy (non-hydrogen) atoms. The number of aliphatic hydroxyl groups is 1. The Morgan fingerprint density at radius 3 is 2.22 bits per heavy atom. The lowest BCUT2D eigenvalue weighted by Crippen LogP contribution is -2.66. The molecule has 6 heteroatoms. The second-order valence-electron chi connectivity index (χ2n) is 20.7. The summed E-state index contributed by atoms with van der Waals surface area (Å²) >= 11 is 0. The Morgan fingerprint density at radius 1 is 0.860 bits per heavy atom. The molecule has 0 aromatic heterocycles. The van der Waals surface area contributed by atoms with Crippen LogP contribution in [0.25, 0.3) is 0 Å². The van der Waals surface area contributed by atoms with Crippen LogP contribution in [-0.2, 0) is 14.3 Å². The molecule has 9 atom stereocenters. The van der Waals surface area contributed by atoms with Gasteiger partial charge in [-0.3, -0.25) is 9.59 Å². The van der Waals surface area contributed by atoms with Crippen molar-refractivity contribution in [2.45, 2.75) is 177 Å². The Labute approximate surface area is 304 Å². The van der Waals surface area contributed by atoms with Crippen LogP contribution in [0.4, 0.5) is 0 Å². The van der Waals surface area contributed by atoms with Gasteiger partial charge in [-0.15, -0.1) is 0 Å². The fraction of sp³-hybridized carbons (Fsp3) is 0.909. The summed E-state index contributed by atoms with van der Waals surface area (Å²) in [7, 11) is 0. The summed E-state index contributed by atoms with van der Waals surface area (Å²) in [6.45, 7) is 22.3. The molecule has 0 aliphatic heterocycles. The molecule has 0 amide bonds. The van der Waals surface area contributed by atoms with E-state index < -0.39 is 11.4 Å². The van der Waals surface area contributed by atoms with E-state index in [0.29, 0.717) is 23.7 Å². The van der Waals surface area contributed by atoms with E-state index in [-0.39, 0.29) is 51.7 Å². The van der Waals surface area contributed by atoms with Crippen molar-refractivity contribution >= 4 is 11.9 Å². The first-order valence-corrected chi connectivity index (χ1v) is 20.9. The van der Waals surface area contributed by atoms with Gasteiger partial charge in [0.25, 0.3) is 0 Å². The molecule has 9 unspecified atom stereocenters. The van der Waals surface area contributed by atoms with Gasteiger partial charge in [0, 0.05) is 17.4 Å². The van der Waals surface area contributed by atoms with E-state index in [1.54, 1.807) is 25.0 Å². The minimum atomic E-state index is -1.13. The largest absolute Gasteiger partial charge is 0.481 e. The summed E-state index contributed by atoms with van der Waals surface area (Å²) in [5.74, 6) is 1.55. The molecule has 0 saturated heterocycles. The van der Waals surface area contributed by atoms with Crippen LogP contribution in [0.1, 0.15) is 165 Å². The van der Waals surface area contributed by atoms with Crippen molar-refractivity contribution in [2.24, 2.45) is 62.1 Å². The number of nitrogens with one attached hydrogen (secondary N) is 1. The number of carbonyl (C=O) groups is 2. The Morgan fingerprint density at radius 2 is 1.56 bits per heavy atom. The molecule has 0 bridgehead atoms. The lowest BCUT2D eigenvalue weighted by Gasteiger charge is -2.72. The number of hydrogen-bond acceptors (Lipinski definition) is 5. The number of fused-ring (bicyclic) bond motifs is 7. The van der Waals surface area contributed by atoms with Gasteiger partial charge < -0.3 is 20.3 Å². The van der Waals surface area contributed by atoms with E-state index in [9.17, 15) is 19.8 Å². The number of carbonyl (C=O) groups excluding carboxylic acids is 1. The molecule has 6 nitrogen and oxygen atoms in total. The van der Waals surface area contributed by atoms with Crippen LogP contribution in [0.2, 0.25) is 0 Å². The first-order chi connectivity index (χ1) is 23.3. The maximum atomic E-state index is 13.1. The topological polar surface area (TPSA) is 95.9 Å². The summed E-state index contributed by atoms with van der Waals surface area (Å²) in [5.41, 5.74) is 2.55. The first-order valence-electron chi connectivity index (χ1n) is 20.9. The summed E-state index contributed by atoms with van der Waals surface area (Å²) < 4.78 is 6.19. The maximum Gasteiger partial charge on any atom is 0.309 e. The standard InChI is InChI=1S/C44H73NO5/c1-28(2)30-17-22-44(34(46)27-45-26-29-13-11-10-12-14-29)24-23-42(8)31(37(30)44)15-16-33-41(7)20-19-35(50-36(47)25-39(3,4)38(48)49)40(5,6)32(41)18-21-43(33,42)9/h28-29,31-35,45-46H,10-27H2,1-9H3,(H,48,49). The highest BCUT2D eigenvalue weighted by Gasteiger charge is 2.70. The van der Waals surface area contributed by atoms with E-state index in [4.69, 9.17) is 4.74 Å². The predicted molar refractivity (Wildman–Crippen MR) is 200 cm³/mol. The van der Waals surface area contributed by atoms with Crippen molar-refractivity contribution in [3.05, 3.63) is 11.1 Å². The van der Waals surface area contributed by atoms with Crippen molar-refractivity contribution in [1.29, 1.82) is 0 Å². The zero-order chi connectivity index (χ0) is 36.5. The SMILES string of the molecule is CC(C)C1=C2C3CCC4C5(C)CCC(OC(=O)CC(C)(C)C(=O)O)C(C)(C)C5CCC4(C)C3(C)CCC2(C(O)CNCC2CCCCC2)CC1. The number of aliphatic carboxylic acids is 1. The van der Waals surface area contributed by atoms with E-state index in [2.05, 4.69) is 53.8 Å². The van der Waals surface area contributed by atoms with Gasteiger partial charge in [0.15, 0.2) is 0 Å². The van der Waals surface area contributed by atoms with Gasteiger partial charge in [0.2, 0.25) is 0 Å². The summed E-state index contributed by atoms with van der Waals surface area (Å²) in [5, 5.41) is 25.6. The summed E-state index contributed by atoms with van der Waals surface area (Å²) in [4.78, 5) is 24.8. The molecule has 5 fully saturated rings. The molecule has 6 rings (SSSR count). The van der Waals surface area contributed by atoms with Gasteiger partial charge in [0.05, 0.1) is 17.9 Å². The molecule has 284 valence electrons. The predicted octanol–water partition coefficient (Wildman–Crippen LogP) is 9.73. The zero-order valence-electron chi connectivity index (χ0n) is 33.4. The Bertz CT molecular complexity index is 1330. The highest BCUT2D eigenvalue weighted by Crippen LogP contribution is 2.77. The molecule has 0 heterocycles. The number of rotatable bonds is 10. The number of aliphatic hydroxyl groups excluding tert-OH is 1. The van der Waals surface area contributed by atoms with Crippen LogP contribution >= 0.6 is 0 Å². The van der Waals surface area contributed by atoms with E-state index in [1.807, 2.05) is 0 Å². The van der Waals surface area contributed by atoms with E-state index >= 15 is 0 Å². The third-order valence-corrected chi connectivity index (χ3v) is 17.2. The van der Waals surface area contributed by atoms with Gasteiger partial charge in [-0.1, -0.05) is 78.9 Å². The minimum absolute atomic E-state index is 0.0766. The highest BCUT2D eigenvalue weighted by atomic mass is 16.5. The molecule has 0 aromatic rings. The average Bonchev–Trinajstić information content (AvgIpc) is 3.44. The van der Waals surface area contributed by atoms with Gasteiger partial charge in [-0.05, 0) is 143 Å². The Balaban J connectivity index is 1.23. The Kier molecular flexibility index (Phi) is 10.3. The molecule has 0 radical (unpaired) electrons. The number of esters is 1. The van der Waals surface area contributed by atoms with Crippen molar-refractivity contribution in [3.63, 3.8) is 0 Å². The second-order valence-corrected chi connectivity index (χ2v) is 20.7. The summed E-state index contributed by atoms with van der Waals surface area (Å²) in [6.07, 6.45) is 17.4. The fourth-order valence-electron chi connectivity index (χ4n) is 14.1. The molecule has 6 aliphatic rings. The van der Waals surface area contributed by atoms with Gasteiger partial charge >= 0.3 is 11.9 Å². The molecule has 6 aliphatic carbocycles. The van der Waals surface area contributed by atoms with Crippen molar-refractivity contribution < 1.29 is 24.5 Å². The van der Waals surface area contributed by atoms with E-state index in [0.717, 1.165) is 57.5 Å². The van der Waals surface area contributed by atoms with Crippen molar-refractivity contribution in [2.75, 3.05) is 13.1 Å². The van der Waals surface area contributed by atoms with Crippen LogP contribution in [0.3, 0.4) is 0 Å². The number of ether oxygens (including phenoxy) is 1. The quantitative estimate of drug-likeness (QED) is 0.156. The van der Waals surface area contributed by atoms with Crippen molar-refractivity contribution in [3.8, 4) is 0 Å². The number of hydrogen-bond donors (Lipinski definition) is 3. The number of carboxylic acid groups (broad SMARTS) is 1. The first kappa shape index (κ1) is 38.3. The van der Waals surface area contributed by atoms with Crippen LogP contribution in [0.5, 0.6) is 0 Å². The van der Waals surface area contributed by atoms with Gasteiger partial charge in [-0.2, -0.15) is 0 Å². The Hall–Kier alpha value is -1.40. The molecular weight excluding hydrogens is 622 g/mol. The summed E-state index contributed by atoms with van der Waals surface area (Å²) in [6, 6.07) is 0. The maximum absolute atomic E-state index is 13.1. The molecule has 5 saturated carbocycles. The molecule has 0 aromatic carbocycles. The average molecular weight is 696 g/mol. The lowest BCUT2D eigenvalue weighted by atomic mass is 9.33. The fourth-order valence-corrected chi connectivity index (χ4v) is 14.1. The molecule has 0 spiro atoms. The molecule has 3 N–H and O–H groups in total. The lowest BCUT2D eigenvalue weighted by molar-refractivity contribution is -0.235. The highest BCUT2D eigenvalue weighted by molar-refractivity contribution is 5.81. The smallest absolute Gasteiger partial charge is 0.309 e. The monoisotopic (exact) mass is 696 g/mol. The normalized spacial score (nSPS) is 40.8. The third kappa shape index (κ3) is 6.05. The van der Waals surface area contributed by atoms with Crippen LogP contribution in [0.15, 0.2) is 11.1 Å². The number of allylic oxidation sites excluding steroid dienone is 1. The zero-order valence-corrected chi connectivity index (χ0v) is 33.4. The van der Waals surface area contributed by atoms with Crippen LogP contribution in [-0.4, -0.2) is 47.4 Å². The van der Waals surface area contributed by atoms with Gasteiger partial charge in [0.1, 0.15) is 6.10 Å².